The molecule has 3 aromatic rings. The molecule has 0 aliphatic carbocycles. The van der Waals surface area contributed by atoms with Gasteiger partial charge in [0.15, 0.2) is 5.58 Å². The minimum atomic E-state index is -0.552. The quantitative estimate of drug-likeness (QED) is 0.766. The van der Waals surface area contributed by atoms with Crippen LogP contribution in [0, 0.1) is 5.82 Å². The summed E-state index contributed by atoms with van der Waals surface area (Å²) in [5.41, 5.74) is 1.88. The second kappa shape index (κ2) is 6.08. The van der Waals surface area contributed by atoms with E-state index < -0.39 is 5.76 Å². The summed E-state index contributed by atoms with van der Waals surface area (Å²) in [5, 5.41) is 2.96. The van der Waals surface area contributed by atoms with Gasteiger partial charge in [-0.3, -0.25) is 9.78 Å². The maximum atomic E-state index is 13.9. The number of aromatic amines is 1. The number of H-pyrrole nitrogens is 1. The fourth-order valence-electron chi connectivity index (χ4n) is 3.17. The Morgan fingerprint density at radius 3 is 2.96 bits per heavy atom. The van der Waals surface area contributed by atoms with Gasteiger partial charge in [0.05, 0.1) is 11.2 Å². The molecule has 0 saturated carbocycles. The van der Waals surface area contributed by atoms with E-state index >= 15 is 0 Å². The molecule has 0 spiro atoms. The number of anilines is 1. The van der Waals surface area contributed by atoms with Crippen molar-refractivity contribution >= 4 is 22.7 Å². The van der Waals surface area contributed by atoms with Gasteiger partial charge in [0.1, 0.15) is 5.82 Å². The highest BCUT2D eigenvalue weighted by atomic mass is 19.1. The lowest BCUT2D eigenvalue weighted by atomic mass is 10.1. The maximum Gasteiger partial charge on any atom is 0.417 e. The van der Waals surface area contributed by atoms with Crippen molar-refractivity contribution in [2.75, 3.05) is 18.0 Å². The van der Waals surface area contributed by atoms with Gasteiger partial charge in [-0.25, -0.2) is 9.18 Å². The molecule has 1 aromatic heterocycles. The van der Waals surface area contributed by atoms with Crippen LogP contribution in [0.4, 0.5) is 10.1 Å². The van der Waals surface area contributed by atoms with Gasteiger partial charge in [-0.1, -0.05) is 12.1 Å². The molecule has 1 aliphatic rings. The van der Waals surface area contributed by atoms with Crippen molar-refractivity contribution in [2.24, 2.45) is 0 Å². The van der Waals surface area contributed by atoms with Crippen molar-refractivity contribution in [1.82, 2.24) is 10.3 Å². The van der Waals surface area contributed by atoms with E-state index in [1.165, 1.54) is 6.07 Å². The smallest absolute Gasteiger partial charge is 0.408 e. The minimum absolute atomic E-state index is 0.0637. The Bertz CT molecular complexity index is 994. The van der Waals surface area contributed by atoms with E-state index in [4.69, 9.17) is 4.42 Å². The molecule has 1 fully saturated rings. The lowest BCUT2D eigenvalue weighted by Crippen LogP contribution is -2.37. The number of aromatic nitrogens is 1. The first-order valence-corrected chi connectivity index (χ1v) is 8.03. The normalized spacial score (nSPS) is 17.2. The number of carbonyl (C=O) groups is 1. The number of halogens is 1. The number of hydrogen-bond acceptors (Lipinski definition) is 4. The molecule has 0 radical (unpaired) electrons. The number of carbonyl (C=O) groups excluding carboxylic acids is 1. The molecule has 2 aromatic carbocycles. The third-order valence-corrected chi connectivity index (χ3v) is 4.40. The van der Waals surface area contributed by atoms with Crippen LogP contribution in [0.25, 0.3) is 11.1 Å². The first-order valence-electron chi connectivity index (χ1n) is 8.03. The summed E-state index contributed by atoms with van der Waals surface area (Å²) in [6, 6.07) is 11.3. The van der Waals surface area contributed by atoms with E-state index in [2.05, 4.69) is 10.3 Å². The van der Waals surface area contributed by atoms with Crippen LogP contribution in [-0.4, -0.2) is 30.0 Å². The predicted molar refractivity (Wildman–Crippen MR) is 91.3 cm³/mol. The average molecular weight is 341 g/mol. The van der Waals surface area contributed by atoms with E-state index in [-0.39, 0.29) is 17.8 Å². The summed E-state index contributed by atoms with van der Waals surface area (Å²) in [4.78, 5) is 28.1. The predicted octanol–water partition coefficient (Wildman–Crippen LogP) is 2.27. The van der Waals surface area contributed by atoms with Crippen molar-refractivity contribution in [3.63, 3.8) is 0 Å². The van der Waals surface area contributed by atoms with Crippen LogP contribution >= 0.6 is 0 Å². The third-order valence-electron chi connectivity index (χ3n) is 4.40. The van der Waals surface area contributed by atoms with E-state index in [1.54, 1.807) is 36.4 Å². The van der Waals surface area contributed by atoms with Gasteiger partial charge in [-0.2, -0.15) is 0 Å². The van der Waals surface area contributed by atoms with Crippen molar-refractivity contribution in [3.8, 4) is 0 Å². The van der Waals surface area contributed by atoms with Crippen molar-refractivity contribution < 1.29 is 13.6 Å². The summed E-state index contributed by atoms with van der Waals surface area (Å²) in [5.74, 6) is -1.04. The molecule has 128 valence electrons. The van der Waals surface area contributed by atoms with E-state index in [1.807, 2.05) is 4.90 Å². The zero-order chi connectivity index (χ0) is 17.4. The molecule has 2 N–H and O–H groups in total. The summed E-state index contributed by atoms with van der Waals surface area (Å²) in [6.07, 6.45) is 0.741. The minimum Gasteiger partial charge on any atom is -0.408 e. The molecule has 1 saturated heterocycles. The highest BCUT2D eigenvalue weighted by Crippen LogP contribution is 2.23. The average Bonchev–Trinajstić information content (AvgIpc) is 3.19. The number of para-hydroxylation sites is 1. The Balaban J connectivity index is 1.46. The largest absolute Gasteiger partial charge is 0.417 e. The second-order valence-electron chi connectivity index (χ2n) is 6.08. The molecule has 25 heavy (non-hydrogen) atoms. The number of fused-ring (bicyclic) bond motifs is 1. The molecule has 1 aliphatic heterocycles. The molecule has 1 unspecified atom stereocenters. The van der Waals surface area contributed by atoms with Crippen molar-refractivity contribution in [2.45, 2.75) is 12.5 Å². The van der Waals surface area contributed by atoms with Gasteiger partial charge in [0, 0.05) is 24.7 Å². The molecular weight excluding hydrogens is 325 g/mol. The Hall–Kier alpha value is -3.09. The Morgan fingerprint density at radius 1 is 1.28 bits per heavy atom. The van der Waals surface area contributed by atoms with Crippen LogP contribution in [0.15, 0.2) is 51.7 Å². The van der Waals surface area contributed by atoms with Crippen LogP contribution in [0.5, 0.6) is 0 Å². The first-order chi connectivity index (χ1) is 12.1. The van der Waals surface area contributed by atoms with Crippen molar-refractivity contribution in [1.29, 1.82) is 0 Å². The van der Waals surface area contributed by atoms with Gasteiger partial charge in [0.25, 0.3) is 5.91 Å². The molecule has 2 heterocycles. The van der Waals surface area contributed by atoms with Crippen LogP contribution in [-0.2, 0) is 0 Å². The lowest BCUT2D eigenvalue weighted by molar-refractivity contribution is 0.0940. The molecule has 1 amide bonds. The Labute approximate surface area is 142 Å². The fraction of sp³-hybridized carbons (Fsp3) is 0.222. The van der Waals surface area contributed by atoms with Gasteiger partial charge >= 0.3 is 5.76 Å². The van der Waals surface area contributed by atoms with E-state index in [0.29, 0.717) is 35.4 Å². The Morgan fingerprint density at radius 2 is 2.12 bits per heavy atom. The highest BCUT2D eigenvalue weighted by molar-refractivity contribution is 5.97. The van der Waals surface area contributed by atoms with Gasteiger partial charge in [-0.05, 0) is 36.8 Å². The van der Waals surface area contributed by atoms with Crippen LogP contribution in [0.3, 0.4) is 0 Å². The number of amides is 1. The van der Waals surface area contributed by atoms with Gasteiger partial charge in [-0.15, -0.1) is 0 Å². The second-order valence-corrected chi connectivity index (χ2v) is 6.08. The zero-order valence-electron chi connectivity index (χ0n) is 13.3. The van der Waals surface area contributed by atoms with E-state index in [0.717, 1.165) is 6.42 Å². The molecule has 6 nitrogen and oxygen atoms in total. The molecule has 1 atom stereocenters. The number of oxazole rings is 1. The summed E-state index contributed by atoms with van der Waals surface area (Å²) >= 11 is 0. The monoisotopic (exact) mass is 341 g/mol. The number of nitrogens with zero attached hydrogens (tertiary/aromatic N) is 1. The number of nitrogens with one attached hydrogen (secondary N) is 2. The number of benzene rings is 2. The number of rotatable bonds is 3. The molecule has 7 heteroatoms. The van der Waals surface area contributed by atoms with Crippen LogP contribution in [0.2, 0.25) is 0 Å². The highest BCUT2D eigenvalue weighted by Gasteiger charge is 2.26. The summed E-state index contributed by atoms with van der Waals surface area (Å²) in [7, 11) is 0. The lowest BCUT2D eigenvalue weighted by Gasteiger charge is -2.19. The Kier molecular flexibility index (Phi) is 3.76. The first kappa shape index (κ1) is 15.4. The summed E-state index contributed by atoms with van der Waals surface area (Å²) in [6.45, 7) is 1.23. The van der Waals surface area contributed by atoms with Gasteiger partial charge in [0.2, 0.25) is 0 Å². The van der Waals surface area contributed by atoms with Crippen molar-refractivity contribution in [3.05, 3.63) is 64.4 Å². The number of hydrogen-bond donors (Lipinski definition) is 2. The molecular formula is C18H16FN3O3. The van der Waals surface area contributed by atoms with Crippen LogP contribution < -0.4 is 16.0 Å². The van der Waals surface area contributed by atoms with Gasteiger partial charge < -0.3 is 14.6 Å². The maximum absolute atomic E-state index is 13.9. The van der Waals surface area contributed by atoms with E-state index in [9.17, 15) is 14.0 Å². The molecule has 0 bridgehead atoms. The molecule has 4 rings (SSSR count). The third kappa shape index (κ3) is 3.00. The van der Waals surface area contributed by atoms with Crippen LogP contribution in [0.1, 0.15) is 16.8 Å². The fourth-order valence-corrected chi connectivity index (χ4v) is 3.17. The SMILES string of the molecule is O=C(NC1CCN(c2ccccc2F)C1)c1ccc2oc(=O)[nH]c2c1. The standard InChI is InChI=1S/C18H16FN3O3/c19-13-3-1-2-4-15(13)22-8-7-12(10-22)20-17(23)11-5-6-16-14(9-11)21-18(24)25-16/h1-6,9,12H,7-8,10H2,(H,20,23)(H,21,24). The topological polar surface area (TPSA) is 78.3 Å². The summed E-state index contributed by atoms with van der Waals surface area (Å²) < 4.78 is 18.8. The zero-order valence-corrected chi connectivity index (χ0v) is 13.3.